The first-order valence-electron chi connectivity index (χ1n) is 9.43. The number of nitrogens with one attached hydrogen (secondary N) is 1. The Morgan fingerprint density at radius 3 is 2.92 bits per heavy atom. The average Bonchev–Trinajstić information content (AvgIpc) is 2.98. The van der Waals surface area contributed by atoms with Crippen LogP contribution in [-0.2, 0) is 24.1 Å². The predicted octanol–water partition coefficient (Wildman–Crippen LogP) is 3.05. The van der Waals surface area contributed by atoms with Crippen molar-refractivity contribution in [1.82, 2.24) is 14.9 Å². The Kier molecular flexibility index (Phi) is 4.63. The average molecular weight is 359 g/mol. The molecule has 3 heterocycles. The number of aromatic amines is 1. The van der Waals surface area contributed by atoms with Crippen LogP contribution in [0.2, 0.25) is 0 Å². The van der Waals surface area contributed by atoms with E-state index in [2.05, 4.69) is 16.9 Å². The molecule has 2 aromatic rings. The van der Waals surface area contributed by atoms with Crippen LogP contribution in [0.3, 0.4) is 0 Å². The molecule has 4 rings (SSSR count). The van der Waals surface area contributed by atoms with Crippen LogP contribution in [0.5, 0.6) is 0 Å². The van der Waals surface area contributed by atoms with E-state index in [0.29, 0.717) is 24.6 Å². The Bertz CT molecular complexity index is 848. The van der Waals surface area contributed by atoms with E-state index in [1.54, 1.807) is 11.3 Å². The van der Waals surface area contributed by atoms with E-state index >= 15 is 0 Å². The predicted molar refractivity (Wildman–Crippen MR) is 100 cm³/mol. The summed E-state index contributed by atoms with van der Waals surface area (Å²) in [6.07, 6.45) is 7.54. The van der Waals surface area contributed by atoms with Crippen molar-refractivity contribution in [3.8, 4) is 0 Å². The Balaban J connectivity index is 1.53. The Morgan fingerprint density at radius 2 is 2.12 bits per heavy atom. The van der Waals surface area contributed by atoms with Crippen molar-refractivity contribution < 1.29 is 4.79 Å². The van der Waals surface area contributed by atoms with Gasteiger partial charge in [-0.15, -0.1) is 11.3 Å². The van der Waals surface area contributed by atoms with Crippen LogP contribution >= 0.6 is 11.3 Å². The topological polar surface area (TPSA) is 66.1 Å². The van der Waals surface area contributed by atoms with Crippen LogP contribution in [0.1, 0.15) is 55.3 Å². The summed E-state index contributed by atoms with van der Waals surface area (Å²) in [6.45, 7) is 4.01. The number of hydrogen-bond acceptors (Lipinski definition) is 4. The molecule has 0 saturated carbocycles. The molecule has 1 amide bonds. The molecule has 6 heteroatoms. The van der Waals surface area contributed by atoms with E-state index in [4.69, 9.17) is 0 Å². The molecule has 0 radical (unpaired) electrons. The molecular weight excluding hydrogens is 334 g/mol. The summed E-state index contributed by atoms with van der Waals surface area (Å²) >= 11 is 1.67. The van der Waals surface area contributed by atoms with Gasteiger partial charge in [-0.2, -0.15) is 0 Å². The zero-order chi connectivity index (χ0) is 17.4. The first-order chi connectivity index (χ1) is 12.1. The van der Waals surface area contributed by atoms with Crippen molar-refractivity contribution in [3.63, 3.8) is 0 Å². The Morgan fingerprint density at radius 1 is 1.32 bits per heavy atom. The number of aryl methyl sites for hydroxylation is 2. The lowest BCUT2D eigenvalue weighted by molar-refractivity contribution is -0.132. The molecular formula is C19H25N3O2S. The molecule has 1 saturated heterocycles. The van der Waals surface area contributed by atoms with Gasteiger partial charge in [0.1, 0.15) is 10.7 Å². The van der Waals surface area contributed by atoms with Gasteiger partial charge in [-0.25, -0.2) is 4.98 Å². The molecule has 1 aliphatic heterocycles. The molecule has 0 unspecified atom stereocenters. The number of hydrogen-bond donors (Lipinski definition) is 1. The van der Waals surface area contributed by atoms with Gasteiger partial charge in [-0.05, 0) is 50.0 Å². The highest BCUT2D eigenvalue weighted by molar-refractivity contribution is 7.18. The van der Waals surface area contributed by atoms with Crippen molar-refractivity contribution in [2.75, 3.05) is 13.1 Å². The van der Waals surface area contributed by atoms with Crippen molar-refractivity contribution in [2.45, 2.75) is 58.3 Å². The second-order valence-electron chi connectivity index (χ2n) is 7.49. The third kappa shape index (κ3) is 3.36. The van der Waals surface area contributed by atoms with Gasteiger partial charge in [0.2, 0.25) is 5.91 Å². The number of carbonyl (C=O) groups excluding carboxylic acids is 1. The van der Waals surface area contributed by atoms with E-state index in [0.717, 1.165) is 55.4 Å². The standard InChI is InChI=1S/C19H25N3O2S/c1-12-5-6-13-14(11-12)25-19-17(13)18(24)20-15(21-19)7-8-16(23)22-9-3-2-4-10-22/h12H,2-11H2,1H3,(H,20,21,24)/t12-/m1/s1. The van der Waals surface area contributed by atoms with Crippen molar-refractivity contribution in [3.05, 3.63) is 26.6 Å². The fraction of sp³-hybridized carbons (Fsp3) is 0.632. The highest BCUT2D eigenvalue weighted by Crippen LogP contribution is 2.35. The molecule has 1 atom stereocenters. The maximum absolute atomic E-state index is 12.6. The van der Waals surface area contributed by atoms with Gasteiger partial charge in [0.05, 0.1) is 5.39 Å². The number of fused-ring (bicyclic) bond motifs is 3. The lowest BCUT2D eigenvalue weighted by atomic mass is 9.89. The fourth-order valence-corrected chi connectivity index (χ4v) is 5.44. The van der Waals surface area contributed by atoms with Crippen molar-refractivity contribution in [1.29, 1.82) is 0 Å². The number of nitrogens with zero attached hydrogens (tertiary/aromatic N) is 2. The van der Waals surface area contributed by atoms with Gasteiger partial charge >= 0.3 is 0 Å². The van der Waals surface area contributed by atoms with Crippen LogP contribution in [0.25, 0.3) is 10.2 Å². The summed E-state index contributed by atoms with van der Waals surface area (Å²) in [7, 11) is 0. The molecule has 0 aromatic carbocycles. The monoisotopic (exact) mass is 359 g/mol. The van der Waals surface area contributed by atoms with Crippen LogP contribution in [0.15, 0.2) is 4.79 Å². The number of likely N-dealkylation sites (tertiary alicyclic amines) is 1. The molecule has 25 heavy (non-hydrogen) atoms. The molecule has 5 nitrogen and oxygen atoms in total. The van der Waals surface area contributed by atoms with Crippen molar-refractivity contribution in [2.24, 2.45) is 5.92 Å². The largest absolute Gasteiger partial charge is 0.343 e. The number of amides is 1. The summed E-state index contributed by atoms with van der Waals surface area (Å²) in [5.74, 6) is 1.51. The second kappa shape index (κ2) is 6.90. The Hall–Kier alpha value is -1.69. The fourth-order valence-electron chi connectivity index (χ4n) is 4.04. The van der Waals surface area contributed by atoms with Crippen molar-refractivity contribution >= 4 is 27.5 Å². The summed E-state index contributed by atoms with van der Waals surface area (Å²) in [6, 6.07) is 0. The van der Waals surface area contributed by atoms with E-state index in [1.807, 2.05) is 4.90 Å². The summed E-state index contributed by atoms with van der Waals surface area (Å²) in [5, 5.41) is 0.790. The van der Waals surface area contributed by atoms with Gasteiger partial charge in [0.25, 0.3) is 5.56 Å². The van der Waals surface area contributed by atoms with E-state index < -0.39 is 0 Å². The Labute approximate surface area is 151 Å². The molecule has 1 aliphatic carbocycles. The maximum Gasteiger partial charge on any atom is 0.259 e. The smallest absolute Gasteiger partial charge is 0.259 e. The molecule has 1 fully saturated rings. The minimum absolute atomic E-state index is 0.0301. The SMILES string of the molecule is C[C@@H]1CCc2c(sc3nc(CCC(=O)N4CCCCC4)[nH]c(=O)c23)C1. The lowest BCUT2D eigenvalue weighted by Gasteiger charge is -2.26. The zero-order valence-corrected chi connectivity index (χ0v) is 15.6. The second-order valence-corrected chi connectivity index (χ2v) is 8.57. The number of carbonyl (C=O) groups is 1. The zero-order valence-electron chi connectivity index (χ0n) is 14.8. The quantitative estimate of drug-likeness (QED) is 0.916. The van der Waals surface area contributed by atoms with Crippen LogP contribution in [-0.4, -0.2) is 33.9 Å². The highest BCUT2D eigenvalue weighted by Gasteiger charge is 2.23. The minimum atomic E-state index is -0.0301. The summed E-state index contributed by atoms with van der Waals surface area (Å²) < 4.78 is 0. The summed E-state index contributed by atoms with van der Waals surface area (Å²) in [4.78, 5) is 36.6. The van der Waals surface area contributed by atoms with Crippen LogP contribution in [0.4, 0.5) is 0 Å². The molecule has 2 aliphatic rings. The lowest BCUT2D eigenvalue weighted by Crippen LogP contribution is -2.35. The normalized spacial score (nSPS) is 20.7. The van der Waals surface area contributed by atoms with E-state index in [9.17, 15) is 9.59 Å². The minimum Gasteiger partial charge on any atom is -0.343 e. The first kappa shape index (κ1) is 16.8. The molecule has 1 N–H and O–H groups in total. The van der Waals surface area contributed by atoms with E-state index in [-0.39, 0.29) is 11.5 Å². The van der Waals surface area contributed by atoms with Gasteiger partial charge in [-0.1, -0.05) is 6.92 Å². The number of aromatic nitrogens is 2. The molecule has 2 aromatic heterocycles. The van der Waals surface area contributed by atoms with Gasteiger partial charge < -0.3 is 9.88 Å². The first-order valence-corrected chi connectivity index (χ1v) is 10.2. The molecule has 0 spiro atoms. The van der Waals surface area contributed by atoms with Gasteiger partial charge in [0.15, 0.2) is 0 Å². The summed E-state index contributed by atoms with van der Waals surface area (Å²) in [5.41, 5.74) is 1.18. The molecule has 0 bridgehead atoms. The maximum atomic E-state index is 12.6. The van der Waals surface area contributed by atoms with E-state index in [1.165, 1.54) is 16.9 Å². The number of H-pyrrole nitrogens is 1. The third-order valence-electron chi connectivity index (χ3n) is 5.50. The number of thiophene rings is 1. The molecule has 134 valence electrons. The number of rotatable bonds is 3. The third-order valence-corrected chi connectivity index (χ3v) is 6.65. The van der Waals surface area contributed by atoms with Crippen LogP contribution in [0, 0.1) is 5.92 Å². The van der Waals surface area contributed by atoms with Gasteiger partial charge in [0, 0.05) is 30.8 Å². The highest BCUT2D eigenvalue weighted by atomic mass is 32.1. The van der Waals surface area contributed by atoms with Crippen LogP contribution < -0.4 is 5.56 Å². The van der Waals surface area contributed by atoms with Gasteiger partial charge in [-0.3, -0.25) is 9.59 Å². The number of piperidine rings is 1.